The molecule has 0 aromatic rings. The van der Waals surface area contributed by atoms with Crippen LogP contribution in [0.5, 0.6) is 0 Å². The summed E-state index contributed by atoms with van der Waals surface area (Å²) in [5.74, 6) is 0. The van der Waals surface area contributed by atoms with Gasteiger partial charge < -0.3 is 4.90 Å². The molecule has 4 heteroatoms. The summed E-state index contributed by atoms with van der Waals surface area (Å²) >= 11 is 0. The molecular weight excluding hydrogens is 152 g/mol. The molecule has 1 heterocycles. The van der Waals surface area contributed by atoms with Gasteiger partial charge in [-0.2, -0.15) is 0 Å². The van der Waals surface area contributed by atoms with E-state index < -0.39 is 0 Å². The summed E-state index contributed by atoms with van der Waals surface area (Å²) < 4.78 is 0. The molecule has 1 aliphatic heterocycles. The van der Waals surface area contributed by atoms with E-state index in [0.717, 1.165) is 6.54 Å². The van der Waals surface area contributed by atoms with Crippen molar-refractivity contribution < 1.29 is 0 Å². The van der Waals surface area contributed by atoms with Gasteiger partial charge in [0.15, 0.2) is 0 Å². The number of azide groups is 1. The molecule has 0 unspecified atom stereocenters. The first-order valence-electron chi connectivity index (χ1n) is 4.66. The monoisotopic (exact) mass is 168 g/mol. The van der Waals surface area contributed by atoms with Crippen LogP contribution in [0.15, 0.2) is 5.11 Å². The zero-order chi connectivity index (χ0) is 8.65. The Morgan fingerprint density at radius 1 is 1.17 bits per heavy atom. The lowest BCUT2D eigenvalue weighted by Gasteiger charge is -2.17. The number of rotatable bonds is 3. The fourth-order valence-electron chi connectivity index (χ4n) is 1.59. The van der Waals surface area contributed by atoms with Crippen LogP contribution in [-0.4, -0.2) is 31.1 Å². The molecule has 0 spiro atoms. The molecule has 1 fully saturated rings. The van der Waals surface area contributed by atoms with Crippen LogP contribution in [0.4, 0.5) is 0 Å². The molecule has 1 aliphatic rings. The largest absolute Gasteiger partial charge is 0.303 e. The molecule has 0 atom stereocenters. The van der Waals surface area contributed by atoms with Crippen LogP contribution >= 0.6 is 0 Å². The Kier molecular flexibility index (Phi) is 4.57. The lowest BCUT2D eigenvalue weighted by molar-refractivity contribution is 0.293. The first kappa shape index (κ1) is 9.36. The van der Waals surface area contributed by atoms with Crippen LogP contribution in [0.25, 0.3) is 10.4 Å². The fraction of sp³-hybridized carbons (Fsp3) is 1.00. The van der Waals surface area contributed by atoms with Gasteiger partial charge in [0, 0.05) is 18.0 Å². The molecule has 12 heavy (non-hydrogen) atoms. The summed E-state index contributed by atoms with van der Waals surface area (Å²) in [5.41, 5.74) is 8.09. The maximum Gasteiger partial charge on any atom is 0.0385 e. The Morgan fingerprint density at radius 3 is 2.42 bits per heavy atom. The summed E-state index contributed by atoms with van der Waals surface area (Å²) in [5, 5.41) is 3.54. The molecule has 0 amide bonds. The van der Waals surface area contributed by atoms with Gasteiger partial charge in [-0.15, -0.1) is 0 Å². The van der Waals surface area contributed by atoms with Crippen molar-refractivity contribution in [1.82, 2.24) is 4.90 Å². The topological polar surface area (TPSA) is 52.0 Å². The van der Waals surface area contributed by atoms with E-state index in [4.69, 9.17) is 5.53 Å². The van der Waals surface area contributed by atoms with Crippen molar-refractivity contribution in [1.29, 1.82) is 0 Å². The highest BCUT2D eigenvalue weighted by Crippen LogP contribution is 2.08. The van der Waals surface area contributed by atoms with Crippen LogP contribution in [0.3, 0.4) is 0 Å². The van der Waals surface area contributed by atoms with Gasteiger partial charge in [0.1, 0.15) is 0 Å². The van der Waals surface area contributed by atoms with Crippen molar-refractivity contribution in [2.45, 2.75) is 25.7 Å². The summed E-state index contributed by atoms with van der Waals surface area (Å²) in [6, 6.07) is 0. The Balaban J connectivity index is 2.15. The van der Waals surface area contributed by atoms with Crippen LogP contribution in [0, 0.1) is 0 Å². The average molecular weight is 168 g/mol. The SMILES string of the molecule is [N-]=[N+]=NCCN1CCCCCC1. The average Bonchev–Trinajstić information content (AvgIpc) is 2.33. The van der Waals surface area contributed by atoms with E-state index in [0.29, 0.717) is 6.54 Å². The summed E-state index contributed by atoms with van der Waals surface area (Å²) in [6.07, 6.45) is 5.32. The second kappa shape index (κ2) is 5.86. The van der Waals surface area contributed by atoms with E-state index in [9.17, 15) is 0 Å². The minimum Gasteiger partial charge on any atom is -0.303 e. The quantitative estimate of drug-likeness (QED) is 0.362. The molecule has 0 N–H and O–H groups in total. The van der Waals surface area contributed by atoms with E-state index in [1.54, 1.807) is 0 Å². The summed E-state index contributed by atoms with van der Waals surface area (Å²) in [6.45, 7) is 3.92. The van der Waals surface area contributed by atoms with Crippen LogP contribution < -0.4 is 0 Å². The first-order chi connectivity index (χ1) is 5.93. The molecule has 1 saturated heterocycles. The number of hydrogen-bond donors (Lipinski definition) is 0. The third kappa shape index (κ3) is 3.60. The highest BCUT2D eigenvalue weighted by atomic mass is 15.2. The molecule has 0 saturated carbocycles. The maximum absolute atomic E-state index is 8.09. The van der Waals surface area contributed by atoms with E-state index >= 15 is 0 Å². The van der Waals surface area contributed by atoms with Gasteiger partial charge in [-0.05, 0) is 31.5 Å². The predicted octanol–water partition coefficient (Wildman–Crippen LogP) is 2.17. The van der Waals surface area contributed by atoms with Gasteiger partial charge >= 0.3 is 0 Å². The van der Waals surface area contributed by atoms with Crippen molar-refractivity contribution in [3.8, 4) is 0 Å². The summed E-state index contributed by atoms with van der Waals surface area (Å²) in [7, 11) is 0. The molecule has 0 aliphatic carbocycles. The zero-order valence-electron chi connectivity index (χ0n) is 7.45. The molecular formula is C8H16N4. The van der Waals surface area contributed by atoms with Gasteiger partial charge in [0.25, 0.3) is 0 Å². The van der Waals surface area contributed by atoms with Crippen molar-refractivity contribution in [3.63, 3.8) is 0 Å². The minimum absolute atomic E-state index is 0.622. The molecule has 1 rings (SSSR count). The van der Waals surface area contributed by atoms with E-state index in [-0.39, 0.29) is 0 Å². The zero-order valence-corrected chi connectivity index (χ0v) is 7.45. The Hall–Kier alpha value is -0.730. The molecule has 0 radical (unpaired) electrons. The fourth-order valence-corrected chi connectivity index (χ4v) is 1.59. The summed E-state index contributed by atoms with van der Waals surface area (Å²) in [4.78, 5) is 5.13. The third-order valence-corrected chi connectivity index (χ3v) is 2.28. The Labute approximate surface area is 73.2 Å². The first-order valence-corrected chi connectivity index (χ1v) is 4.66. The highest BCUT2D eigenvalue weighted by molar-refractivity contribution is 4.64. The van der Waals surface area contributed by atoms with Gasteiger partial charge in [0.2, 0.25) is 0 Å². The van der Waals surface area contributed by atoms with E-state index in [2.05, 4.69) is 14.9 Å². The van der Waals surface area contributed by atoms with Crippen LogP contribution in [-0.2, 0) is 0 Å². The van der Waals surface area contributed by atoms with Gasteiger partial charge in [-0.3, -0.25) is 0 Å². The number of likely N-dealkylation sites (tertiary alicyclic amines) is 1. The van der Waals surface area contributed by atoms with Crippen molar-refractivity contribution in [2.24, 2.45) is 5.11 Å². The molecule has 68 valence electrons. The van der Waals surface area contributed by atoms with Crippen molar-refractivity contribution in [3.05, 3.63) is 10.4 Å². The Bertz CT molecular complexity index is 154. The van der Waals surface area contributed by atoms with Gasteiger partial charge in [-0.25, -0.2) is 0 Å². The van der Waals surface area contributed by atoms with E-state index in [1.165, 1.54) is 38.8 Å². The predicted molar refractivity (Wildman–Crippen MR) is 48.9 cm³/mol. The van der Waals surface area contributed by atoms with Gasteiger partial charge in [0.05, 0.1) is 0 Å². The third-order valence-electron chi connectivity index (χ3n) is 2.28. The van der Waals surface area contributed by atoms with Crippen molar-refractivity contribution >= 4 is 0 Å². The highest BCUT2D eigenvalue weighted by Gasteiger charge is 2.06. The van der Waals surface area contributed by atoms with Crippen LogP contribution in [0.2, 0.25) is 0 Å². The number of nitrogens with zero attached hydrogens (tertiary/aromatic N) is 4. The lowest BCUT2D eigenvalue weighted by Crippen LogP contribution is -2.27. The standard InChI is InChI=1S/C8H16N4/c9-11-10-5-8-12-6-3-1-2-4-7-12/h1-8H2. The normalized spacial score (nSPS) is 19.7. The van der Waals surface area contributed by atoms with Gasteiger partial charge in [-0.1, -0.05) is 18.0 Å². The molecule has 4 nitrogen and oxygen atoms in total. The smallest absolute Gasteiger partial charge is 0.0385 e. The minimum atomic E-state index is 0.622. The lowest BCUT2D eigenvalue weighted by atomic mass is 10.2. The molecule has 0 bridgehead atoms. The second-order valence-electron chi connectivity index (χ2n) is 3.21. The second-order valence-corrected chi connectivity index (χ2v) is 3.21. The number of hydrogen-bond acceptors (Lipinski definition) is 2. The maximum atomic E-state index is 8.09. The molecule has 0 aromatic carbocycles. The van der Waals surface area contributed by atoms with Crippen LogP contribution in [0.1, 0.15) is 25.7 Å². The Morgan fingerprint density at radius 2 is 1.83 bits per heavy atom. The van der Waals surface area contributed by atoms with E-state index in [1.807, 2.05) is 0 Å². The molecule has 0 aromatic heterocycles. The van der Waals surface area contributed by atoms with Crippen molar-refractivity contribution in [2.75, 3.05) is 26.2 Å².